The van der Waals surface area contributed by atoms with Crippen molar-refractivity contribution in [2.75, 3.05) is 23.7 Å². The molecule has 6 rings (SSSR count). The van der Waals surface area contributed by atoms with E-state index in [1.807, 2.05) is 55.5 Å². The molecule has 1 aliphatic carbocycles. The summed E-state index contributed by atoms with van der Waals surface area (Å²) in [5.41, 5.74) is 6.35. The van der Waals surface area contributed by atoms with Gasteiger partial charge < -0.3 is 9.74 Å². The number of hydrogen-bond acceptors (Lipinski definition) is 9. The zero-order valence-corrected chi connectivity index (χ0v) is 42.3. The van der Waals surface area contributed by atoms with Crippen LogP contribution in [0.15, 0.2) is 144 Å². The van der Waals surface area contributed by atoms with Crippen LogP contribution in [0, 0.1) is 0 Å². The van der Waals surface area contributed by atoms with Crippen molar-refractivity contribution in [2.24, 2.45) is 0 Å². The number of para-hydroxylation sites is 1. The van der Waals surface area contributed by atoms with Crippen LogP contribution in [-0.4, -0.2) is 77.9 Å². The van der Waals surface area contributed by atoms with Gasteiger partial charge in [-0.2, -0.15) is 21.4 Å². The third-order valence-electron chi connectivity index (χ3n) is 13.6. The van der Waals surface area contributed by atoms with E-state index in [2.05, 4.69) is 84.0 Å². The quantitative estimate of drug-likeness (QED) is 0.0318. The summed E-state index contributed by atoms with van der Waals surface area (Å²) in [6.45, 7) is 7.90. The number of unbranched alkanes of at least 4 members (excludes halogenated alkanes) is 5. The number of carbonyl (C=O) groups excluding carboxylic acids is 3. The first-order valence-corrected chi connectivity index (χ1v) is 27.6. The van der Waals surface area contributed by atoms with Crippen LogP contribution in [0.2, 0.25) is 0 Å². The van der Waals surface area contributed by atoms with Crippen LogP contribution < -0.4 is 4.90 Å². The van der Waals surface area contributed by atoms with Crippen molar-refractivity contribution in [3.8, 4) is 0 Å². The van der Waals surface area contributed by atoms with E-state index in [0.717, 1.165) is 56.5 Å². The molecule has 3 heterocycles. The Kier molecular flexibility index (Phi) is 18.7. The van der Waals surface area contributed by atoms with Crippen LogP contribution in [0.25, 0.3) is 0 Å². The minimum atomic E-state index is -4.57. The Balaban J connectivity index is 1.25. The van der Waals surface area contributed by atoms with E-state index in [1.165, 1.54) is 34.7 Å². The highest BCUT2D eigenvalue weighted by atomic mass is 32.2. The lowest BCUT2D eigenvalue weighted by Gasteiger charge is -2.30. The number of amides is 2. The molecule has 2 aromatic rings. The molecule has 2 amide bonds. The van der Waals surface area contributed by atoms with Crippen molar-refractivity contribution in [3.63, 3.8) is 0 Å². The fraction of sp³-hybridized carbons (Fsp3) is 0.418. The summed E-state index contributed by atoms with van der Waals surface area (Å²) in [5.74, 6) is -2.18. The topological polar surface area (TPSA) is 179 Å². The Morgan fingerprint density at radius 1 is 0.771 bits per heavy atom. The number of benzene rings is 2. The van der Waals surface area contributed by atoms with E-state index in [1.54, 1.807) is 6.07 Å². The Morgan fingerprint density at radius 3 is 2.23 bits per heavy atom. The molecule has 0 aromatic heterocycles. The van der Waals surface area contributed by atoms with Gasteiger partial charge in [-0.15, -0.1) is 5.06 Å². The Hall–Kier alpha value is -5.74. The summed E-state index contributed by atoms with van der Waals surface area (Å²) in [7, 11) is -8.77. The minimum absolute atomic E-state index is 0.00217. The molecule has 0 saturated carbocycles. The van der Waals surface area contributed by atoms with Crippen molar-refractivity contribution in [2.45, 2.75) is 133 Å². The van der Waals surface area contributed by atoms with Gasteiger partial charge in [-0.05, 0) is 87.8 Å². The highest BCUT2D eigenvalue weighted by molar-refractivity contribution is 7.86. The molecule has 15 heteroatoms. The SMILES string of the molecule is CCCCCC1(C)C(/C=C/C=C/C=C/C=C2/N(CCCCCC(=O)ON3C(=O)CCC3=O)c3ccc(S(=O)(=O)O)cc3C2(C)CCCCS(=O)(=O)O)=[N+](CCCC2=C/C=C\C=C/C=C2)c2ccccc21. The Labute approximate surface area is 414 Å². The first kappa shape index (κ1) is 53.6. The summed E-state index contributed by atoms with van der Waals surface area (Å²) in [4.78, 5) is 43.2. The van der Waals surface area contributed by atoms with E-state index in [0.29, 0.717) is 49.3 Å². The van der Waals surface area contributed by atoms with Crippen molar-refractivity contribution < 1.29 is 49.7 Å². The number of anilines is 1. The summed E-state index contributed by atoms with van der Waals surface area (Å²) < 4.78 is 70.2. The second-order valence-electron chi connectivity index (χ2n) is 18.7. The fourth-order valence-corrected chi connectivity index (χ4v) is 11.0. The van der Waals surface area contributed by atoms with Crippen LogP contribution >= 0.6 is 0 Å². The average Bonchev–Trinajstić information content (AvgIpc) is 3.83. The van der Waals surface area contributed by atoms with E-state index >= 15 is 0 Å². The molecule has 374 valence electrons. The van der Waals surface area contributed by atoms with Gasteiger partial charge >= 0.3 is 5.97 Å². The smallest absolute Gasteiger partial charge is 0.333 e. The molecule has 2 atom stereocenters. The van der Waals surface area contributed by atoms with Gasteiger partial charge in [-0.3, -0.25) is 18.7 Å². The maximum absolute atomic E-state index is 12.5. The number of carbonyl (C=O) groups is 3. The Bertz CT molecular complexity index is 2760. The molecule has 70 heavy (non-hydrogen) atoms. The Morgan fingerprint density at radius 2 is 1.47 bits per heavy atom. The highest BCUT2D eigenvalue weighted by Crippen LogP contribution is 2.51. The molecule has 2 N–H and O–H groups in total. The van der Waals surface area contributed by atoms with Crippen molar-refractivity contribution >= 4 is 55.1 Å². The molecular formula is C55H68N3O10S2+. The van der Waals surface area contributed by atoms with Gasteiger partial charge in [0.25, 0.3) is 32.1 Å². The van der Waals surface area contributed by atoms with Crippen molar-refractivity contribution in [1.82, 2.24) is 5.06 Å². The second kappa shape index (κ2) is 24.4. The first-order valence-electron chi connectivity index (χ1n) is 24.5. The third-order valence-corrected chi connectivity index (χ3v) is 15.2. The van der Waals surface area contributed by atoms with Gasteiger partial charge in [0.05, 0.1) is 16.1 Å². The maximum atomic E-state index is 12.5. The monoisotopic (exact) mass is 994 g/mol. The van der Waals surface area contributed by atoms with Crippen LogP contribution in [0.3, 0.4) is 0 Å². The summed E-state index contributed by atoms with van der Waals surface area (Å²) in [5, 5.41) is 0.540. The molecule has 13 nitrogen and oxygen atoms in total. The lowest BCUT2D eigenvalue weighted by atomic mass is 9.75. The van der Waals surface area contributed by atoms with Gasteiger partial charge in [0, 0.05) is 66.7 Å². The normalized spacial score (nSPS) is 21.9. The standard InChI is InChI=1S/C55H67N3O10S2/c1-4-5-20-37-54(2)45-28-18-19-29-47(45)57(40-24-27-43-25-13-8-6-9-14-26-43)49(54)30-15-10-7-11-16-31-50-55(3,38-21-23-41-69(62,63)64)46-42-44(70(65,66)67)33-34-48(46)56(50)39-22-12-17-32-53(61)68-58-51(59)35-36-52(58)60/h6-11,13-16,18-19,25-26,28-31,33-34,42H,4-5,12,17,20-24,27,32,35-41H2,1-3H3,(H-,62,63,64,65,66,67)/p+1/b8-6-,9-6?,13-8?,14-9-,25-13?,26-14?,43-25?,43-26?. The molecular weight excluding hydrogens is 927 g/mol. The van der Waals surface area contributed by atoms with Crippen LogP contribution in [-0.2, 0) is 50.3 Å². The number of imide groups is 1. The molecule has 0 spiro atoms. The lowest BCUT2D eigenvalue weighted by Crippen LogP contribution is -2.32. The van der Waals surface area contributed by atoms with Gasteiger partial charge in [0.15, 0.2) is 5.71 Å². The van der Waals surface area contributed by atoms with Gasteiger partial charge in [-0.25, -0.2) is 4.79 Å². The largest absolute Gasteiger partial charge is 0.344 e. The molecule has 0 radical (unpaired) electrons. The fourth-order valence-electron chi connectivity index (χ4n) is 9.93. The highest BCUT2D eigenvalue weighted by Gasteiger charge is 2.47. The number of fused-ring (bicyclic) bond motifs is 2. The third kappa shape index (κ3) is 13.8. The molecule has 2 unspecified atom stereocenters. The molecule has 3 aliphatic heterocycles. The van der Waals surface area contributed by atoms with Crippen LogP contribution in [0.1, 0.15) is 128 Å². The number of nitrogens with zero attached hydrogens (tertiary/aromatic N) is 3. The summed E-state index contributed by atoms with van der Waals surface area (Å²) >= 11 is 0. The van der Waals surface area contributed by atoms with E-state index in [-0.39, 0.29) is 36.0 Å². The zero-order chi connectivity index (χ0) is 50.4. The van der Waals surface area contributed by atoms with E-state index in [4.69, 9.17) is 4.84 Å². The van der Waals surface area contributed by atoms with Gasteiger partial charge in [-0.1, -0.05) is 130 Å². The van der Waals surface area contributed by atoms with E-state index < -0.39 is 49.2 Å². The summed E-state index contributed by atoms with van der Waals surface area (Å²) in [6.07, 6.45) is 37.7. The van der Waals surface area contributed by atoms with Crippen molar-refractivity contribution in [1.29, 1.82) is 0 Å². The average molecular weight is 995 g/mol. The van der Waals surface area contributed by atoms with Gasteiger partial charge in [0.2, 0.25) is 5.69 Å². The van der Waals surface area contributed by atoms with E-state index in [9.17, 15) is 40.3 Å². The number of hydrogen-bond donors (Lipinski definition) is 2. The number of rotatable bonds is 25. The predicted molar refractivity (Wildman–Crippen MR) is 275 cm³/mol. The second-order valence-corrected chi connectivity index (χ2v) is 21.7. The lowest BCUT2D eigenvalue weighted by molar-refractivity contribution is -0.438. The summed E-state index contributed by atoms with van der Waals surface area (Å²) in [6, 6.07) is 13.2. The predicted octanol–water partition coefficient (Wildman–Crippen LogP) is 10.8. The molecule has 4 aliphatic rings. The van der Waals surface area contributed by atoms with Crippen LogP contribution in [0.5, 0.6) is 0 Å². The maximum Gasteiger partial charge on any atom is 0.333 e. The van der Waals surface area contributed by atoms with Crippen molar-refractivity contribution in [3.05, 3.63) is 150 Å². The van der Waals surface area contributed by atoms with Crippen LogP contribution in [0.4, 0.5) is 11.4 Å². The zero-order valence-electron chi connectivity index (χ0n) is 40.7. The molecule has 1 saturated heterocycles. The number of hydroxylamine groups is 2. The number of allylic oxidation sites excluding steroid dienone is 16. The van der Waals surface area contributed by atoms with Gasteiger partial charge in [0.1, 0.15) is 6.54 Å². The molecule has 0 bridgehead atoms. The first-order chi connectivity index (χ1) is 33.5. The minimum Gasteiger partial charge on any atom is -0.344 e. The molecule has 1 fully saturated rings. The molecule has 2 aromatic carbocycles.